The molecule has 0 aliphatic heterocycles. The highest BCUT2D eigenvalue weighted by Crippen LogP contribution is 2.29. The normalized spacial score (nSPS) is 12.4. The van der Waals surface area contributed by atoms with Crippen LogP contribution in [0.1, 0.15) is 24.8 Å². The SMILES string of the molecule is CCOc1cccc(-c2ncc(C(C)N)s2)c1. The van der Waals surface area contributed by atoms with Crippen LogP contribution < -0.4 is 10.5 Å². The minimum atomic E-state index is 0.0383. The summed E-state index contributed by atoms with van der Waals surface area (Å²) in [6.07, 6.45) is 1.85. The maximum absolute atomic E-state index is 5.83. The molecular formula is C13H16N2OS. The van der Waals surface area contributed by atoms with Crippen molar-refractivity contribution in [1.82, 2.24) is 4.98 Å². The molecule has 2 rings (SSSR count). The Morgan fingerprint density at radius 1 is 1.47 bits per heavy atom. The average Bonchev–Trinajstić information content (AvgIpc) is 2.79. The minimum absolute atomic E-state index is 0.0383. The van der Waals surface area contributed by atoms with Crippen LogP contribution in [0, 0.1) is 0 Å². The van der Waals surface area contributed by atoms with E-state index in [9.17, 15) is 0 Å². The first-order chi connectivity index (χ1) is 8.20. The first-order valence-corrected chi connectivity index (χ1v) is 6.47. The van der Waals surface area contributed by atoms with E-state index in [1.807, 2.05) is 44.3 Å². The molecule has 0 fully saturated rings. The van der Waals surface area contributed by atoms with Crippen molar-refractivity contribution in [1.29, 1.82) is 0 Å². The number of nitrogens with two attached hydrogens (primary N) is 1. The van der Waals surface area contributed by atoms with Gasteiger partial charge in [0.25, 0.3) is 0 Å². The van der Waals surface area contributed by atoms with Crippen LogP contribution in [0.25, 0.3) is 10.6 Å². The molecule has 1 aromatic carbocycles. The van der Waals surface area contributed by atoms with Crippen LogP contribution in [-0.4, -0.2) is 11.6 Å². The number of thiazole rings is 1. The predicted molar refractivity (Wildman–Crippen MR) is 71.3 cm³/mol. The van der Waals surface area contributed by atoms with Gasteiger partial charge >= 0.3 is 0 Å². The molecule has 1 aromatic heterocycles. The molecule has 0 bridgehead atoms. The Morgan fingerprint density at radius 3 is 2.94 bits per heavy atom. The molecule has 1 heterocycles. The van der Waals surface area contributed by atoms with Crippen molar-refractivity contribution in [3.63, 3.8) is 0 Å². The monoisotopic (exact) mass is 248 g/mol. The number of hydrogen-bond donors (Lipinski definition) is 1. The molecule has 2 N–H and O–H groups in total. The second kappa shape index (κ2) is 5.29. The van der Waals surface area contributed by atoms with E-state index in [2.05, 4.69) is 4.98 Å². The van der Waals surface area contributed by atoms with Gasteiger partial charge in [-0.15, -0.1) is 11.3 Å². The minimum Gasteiger partial charge on any atom is -0.494 e. The largest absolute Gasteiger partial charge is 0.494 e. The van der Waals surface area contributed by atoms with Crippen LogP contribution in [0.2, 0.25) is 0 Å². The Kier molecular flexibility index (Phi) is 3.76. The Balaban J connectivity index is 2.28. The van der Waals surface area contributed by atoms with Gasteiger partial charge in [0.1, 0.15) is 10.8 Å². The zero-order valence-corrected chi connectivity index (χ0v) is 10.8. The van der Waals surface area contributed by atoms with E-state index in [-0.39, 0.29) is 6.04 Å². The predicted octanol–water partition coefficient (Wildman–Crippen LogP) is 3.23. The van der Waals surface area contributed by atoms with Gasteiger partial charge in [0.2, 0.25) is 0 Å². The van der Waals surface area contributed by atoms with Gasteiger partial charge in [0, 0.05) is 22.7 Å². The van der Waals surface area contributed by atoms with Crippen LogP contribution in [-0.2, 0) is 0 Å². The van der Waals surface area contributed by atoms with Crippen molar-refractivity contribution in [2.45, 2.75) is 19.9 Å². The summed E-state index contributed by atoms with van der Waals surface area (Å²) in [5, 5.41) is 0.985. The number of nitrogens with zero attached hydrogens (tertiary/aromatic N) is 1. The highest BCUT2D eigenvalue weighted by Gasteiger charge is 2.08. The Hall–Kier alpha value is -1.39. The summed E-state index contributed by atoms with van der Waals surface area (Å²) in [7, 11) is 0. The lowest BCUT2D eigenvalue weighted by atomic mass is 10.2. The lowest BCUT2D eigenvalue weighted by Crippen LogP contribution is -2.01. The smallest absolute Gasteiger partial charge is 0.123 e. The van der Waals surface area contributed by atoms with Gasteiger partial charge in [0.05, 0.1) is 6.61 Å². The van der Waals surface area contributed by atoms with E-state index in [1.165, 1.54) is 0 Å². The highest BCUT2D eigenvalue weighted by atomic mass is 32.1. The Labute approximate surface area is 105 Å². The first-order valence-electron chi connectivity index (χ1n) is 5.65. The van der Waals surface area contributed by atoms with Crippen LogP contribution >= 0.6 is 11.3 Å². The first kappa shape index (κ1) is 12.1. The lowest BCUT2D eigenvalue weighted by molar-refractivity contribution is 0.340. The second-order valence-corrected chi connectivity index (χ2v) is 4.88. The topological polar surface area (TPSA) is 48.1 Å². The summed E-state index contributed by atoms with van der Waals surface area (Å²) in [5.74, 6) is 0.877. The third kappa shape index (κ3) is 2.84. The van der Waals surface area contributed by atoms with Crippen molar-refractivity contribution >= 4 is 11.3 Å². The lowest BCUT2D eigenvalue weighted by Gasteiger charge is -2.04. The zero-order chi connectivity index (χ0) is 12.3. The van der Waals surface area contributed by atoms with Crippen molar-refractivity contribution in [2.75, 3.05) is 6.61 Å². The Morgan fingerprint density at radius 2 is 2.29 bits per heavy atom. The second-order valence-electron chi connectivity index (χ2n) is 3.82. The standard InChI is InChI=1S/C13H16N2OS/c1-3-16-11-6-4-5-10(7-11)13-15-8-12(17-13)9(2)14/h4-9H,3,14H2,1-2H3. The molecule has 17 heavy (non-hydrogen) atoms. The molecule has 2 aromatic rings. The molecule has 4 heteroatoms. The van der Waals surface area contributed by atoms with Crippen LogP contribution in [0.5, 0.6) is 5.75 Å². The molecule has 0 aliphatic carbocycles. The van der Waals surface area contributed by atoms with E-state index in [1.54, 1.807) is 11.3 Å². The third-order valence-corrected chi connectivity index (χ3v) is 3.61. The molecule has 3 nitrogen and oxygen atoms in total. The molecule has 0 saturated carbocycles. The summed E-state index contributed by atoms with van der Waals surface area (Å²) in [5.41, 5.74) is 6.91. The van der Waals surface area contributed by atoms with Crippen LogP contribution in [0.4, 0.5) is 0 Å². The average molecular weight is 248 g/mol. The van der Waals surface area contributed by atoms with E-state index in [0.717, 1.165) is 21.2 Å². The van der Waals surface area contributed by atoms with Crippen molar-refractivity contribution in [3.05, 3.63) is 35.3 Å². The summed E-state index contributed by atoms with van der Waals surface area (Å²) in [6.45, 7) is 4.62. The molecule has 0 spiro atoms. The molecule has 1 unspecified atom stereocenters. The number of hydrogen-bond acceptors (Lipinski definition) is 4. The fourth-order valence-corrected chi connectivity index (χ4v) is 2.38. The van der Waals surface area contributed by atoms with E-state index < -0.39 is 0 Å². The summed E-state index contributed by atoms with van der Waals surface area (Å²) >= 11 is 1.63. The van der Waals surface area contributed by atoms with Crippen LogP contribution in [0.3, 0.4) is 0 Å². The van der Waals surface area contributed by atoms with Gasteiger partial charge in [-0.25, -0.2) is 4.98 Å². The number of ether oxygens (including phenoxy) is 1. The molecule has 90 valence electrons. The quantitative estimate of drug-likeness (QED) is 0.903. The molecule has 0 radical (unpaired) electrons. The maximum Gasteiger partial charge on any atom is 0.123 e. The highest BCUT2D eigenvalue weighted by molar-refractivity contribution is 7.15. The Bertz CT molecular complexity index is 494. The molecule has 0 aliphatic rings. The van der Waals surface area contributed by atoms with Gasteiger partial charge in [-0.05, 0) is 26.0 Å². The molecular weight excluding hydrogens is 232 g/mol. The molecule has 1 atom stereocenters. The summed E-state index contributed by atoms with van der Waals surface area (Å²) < 4.78 is 5.47. The van der Waals surface area contributed by atoms with Crippen LogP contribution in [0.15, 0.2) is 30.5 Å². The molecule has 0 saturated heterocycles. The molecule has 0 amide bonds. The zero-order valence-electron chi connectivity index (χ0n) is 10.0. The van der Waals surface area contributed by atoms with Gasteiger partial charge < -0.3 is 10.5 Å². The summed E-state index contributed by atoms with van der Waals surface area (Å²) in [6, 6.07) is 8.01. The van der Waals surface area contributed by atoms with E-state index >= 15 is 0 Å². The van der Waals surface area contributed by atoms with Gasteiger partial charge in [-0.3, -0.25) is 0 Å². The fourth-order valence-electron chi connectivity index (χ4n) is 1.52. The maximum atomic E-state index is 5.83. The van der Waals surface area contributed by atoms with Gasteiger partial charge in [-0.2, -0.15) is 0 Å². The third-order valence-electron chi connectivity index (χ3n) is 2.36. The summed E-state index contributed by atoms with van der Waals surface area (Å²) in [4.78, 5) is 5.49. The number of rotatable bonds is 4. The van der Waals surface area contributed by atoms with Crippen molar-refractivity contribution in [3.8, 4) is 16.3 Å². The van der Waals surface area contributed by atoms with Gasteiger partial charge in [-0.1, -0.05) is 12.1 Å². The number of benzene rings is 1. The number of aromatic nitrogens is 1. The van der Waals surface area contributed by atoms with E-state index in [4.69, 9.17) is 10.5 Å². The van der Waals surface area contributed by atoms with Crippen molar-refractivity contribution in [2.24, 2.45) is 5.73 Å². The fraction of sp³-hybridized carbons (Fsp3) is 0.308. The van der Waals surface area contributed by atoms with E-state index in [0.29, 0.717) is 6.61 Å². The van der Waals surface area contributed by atoms with Crippen molar-refractivity contribution < 1.29 is 4.74 Å². The van der Waals surface area contributed by atoms with Gasteiger partial charge in [0.15, 0.2) is 0 Å².